The van der Waals surface area contributed by atoms with Gasteiger partial charge in [-0.15, -0.1) is 0 Å². The predicted molar refractivity (Wildman–Crippen MR) is 69.8 cm³/mol. The standard InChI is InChI=1S/C12H14FNO4S/c13-9-3-5-10(6-4-9)14-11(15)8-19(18)7-1-2-12(16)17/h3-6H,1-2,7-8H2,(H,14,15)(H,16,17). The van der Waals surface area contributed by atoms with E-state index < -0.39 is 28.5 Å². The molecule has 0 saturated heterocycles. The van der Waals surface area contributed by atoms with Gasteiger partial charge in [-0.25, -0.2) is 4.39 Å². The SMILES string of the molecule is O=C(O)CCCS(=O)CC(=O)Nc1ccc(F)cc1. The number of hydrogen-bond acceptors (Lipinski definition) is 3. The summed E-state index contributed by atoms with van der Waals surface area (Å²) in [5.41, 5.74) is 0.425. The van der Waals surface area contributed by atoms with Crippen molar-refractivity contribution in [2.45, 2.75) is 12.8 Å². The van der Waals surface area contributed by atoms with Crippen LogP contribution in [-0.4, -0.2) is 32.7 Å². The summed E-state index contributed by atoms with van der Waals surface area (Å²) in [6.07, 6.45) is 0.205. The Morgan fingerprint density at radius 1 is 1.26 bits per heavy atom. The summed E-state index contributed by atoms with van der Waals surface area (Å²) < 4.78 is 24.1. The maximum Gasteiger partial charge on any atom is 0.303 e. The molecule has 0 aliphatic rings. The van der Waals surface area contributed by atoms with E-state index in [4.69, 9.17) is 5.11 Å². The molecule has 0 heterocycles. The lowest BCUT2D eigenvalue weighted by molar-refractivity contribution is -0.137. The fourth-order valence-corrected chi connectivity index (χ4v) is 2.31. The zero-order valence-electron chi connectivity index (χ0n) is 10.1. The molecule has 1 rings (SSSR count). The lowest BCUT2D eigenvalue weighted by atomic mass is 10.3. The summed E-state index contributed by atoms with van der Waals surface area (Å²) >= 11 is 0. The van der Waals surface area contributed by atoms with Crippen LogP contribution in [-0.2, 0) is 20.4 Å². The first kappa shape index (κ1) is 15.3. The molecule has 1 unspecified atom stereocenters. The molecule has 1 amide bonds. The Hall–Kier alpha value is -1.76. The largest absolute Gasteiger partial charge is 0.481 e. The van der Waals surface area contributed by atoms with Gasteiger partial charge in [0.05, 0.1) is 0 Å². The van der Waals surface area contributed by atoms with Crippen molar-refractivity contribution in [3.8, 4) is 0 Å². The van der Waals surface area contributed by atoms with Gasteiger partial charge >= 0.3 is 5.97 Å². The van der Waals surface area contributed by atoms with Crippen LogP contribution in [0.4, 0.5) is 10.1 Å². The number of carbonyl (C=O) groups excluding carboxylic acids is 1. The first-order valence-corrected chi connectivity index (χ1v) is 7.08. The molecule has 0 bridgehead atoms. The first-order valence-electron chi connectivity index (χ1n) is 5.59. The maximum atomic E-state index is 12.6. The number of carboxylic acids is 1. The highest BCUT2D eigenvalue weighted by atomic mass is 32.2. The molecule has 1 aromatic carbocycles. The van der Waals surface area contributed by atoms with Crippen molar-refractivity contribution in [1.29, 1.82) is 0 Å². The Balaban J connectivity index is 2.32. The fraction of sp³-hybridized carbons (Fsp3) is 0.333. The number of nitrogens with one attached hydrogen (secondary N) is 1. The lowest BCUT2D eigenvalue weighted by Gasteiger charge is -2.05. The van der Waals surface area contributed by atoms with E-state index >= 15 is 0 Å². The van der Waals surface area contributed by atoms with Crippen LogP contribution in [0.25, 0.3) is 0 Å². The minimum Gasteiger partial charge on any atom is -0.481 e. The van der Waals surface area contributed by atoms with Crippen LogP contribution < -0.4 is 5.32 Å². The number of anilines is 1. The molecule has 0 spiro atoms. The molecule has 1 atom stereocenters. The highest BCUT2D eigenvalue weighted by Crippen LogP contribution is 2.08. The molecule has 2 N–H and O–H groups in total. The highest BCUT2D eigenvalue weighted by Gasteiger charge is 2.09. The van der Waals surface area contributed by atoms with Crippen molar-refractivity contribution >= 4 is 28.4 Å². The Morgan fingerprint density at radius 2 is 1.89 bits per heavy atom. The molecule has 0 aliphatic carbocycles. The van der Waals surface area contributed by atoms with Gasteiger partial charge in [-0.1, -0.05) is 0 Å². The van der Waals surface area contributed by atoms with E-state index in [2.05, 4.69) is 5.32 Å². The van der Waals surface area contributed by atoms with E-state index in [-0.39, 0.29) is 24.3 Å². The topological polar surface area (TPSA) is 83.5 Å². The van der Waals surface area contributed by atoms with Crippen LogP contribution >= 0.6 is 0 Å². The van der Waals surface area contributed by atoms with Crippen LogP contribution in [0, 0.1) is 5.82 Å². The van der Waals surface area contributed by atoms with Gasteiger partial charge in [0.25, 0.3) is 0 Å². The molecule has 19 heavy (non-hydrogen) atoms. The summed E-state index contributed by atoms with van der Waals surface area (Å²) in [4.78, 5) is 21.8. The maximum absolute atomic E-state index is 12.6. The smallest absolute Gasteiger partial charge is 0.303 e. The van der Waals surface area contributed by atoms with Crippen LogP contribution in [0.5, 0.6) is 0 Å². The molecular formula is C12H14FNO4S. The van der Waals surface area contributed by atoms with Crippen molar-refractivity contribution < 1.29 is 23.3 Å². The summed E-state index contributed by atoms with van der Waals surface area (Å²) in [5.74, 6) is -1.83. The summed E-state index contributed by atoms with van der Waals surface area (Å²) in [7, 11) is -1.39. The molecule has 104 valence electrons. The second-order valence-electron chi connectivity index (χ2n) is 3.84. The molecule has 0 saturated carbocycles. The van der Waals surface area contributed by atoms with E-state index in [9.17, 15) is 18.2 Å². The summed E-state index contributed by atoms with van der Waals surface area (Å²) in [6.45, 7) is 0. The zero-order chi connectivity index (χ0) is 14.3. The normalized spacial score (nSPS) is 11.8. The van der Waals surface area contributed by atoms with Gasteiger partial charge in [0.15, 0.2) is 0 Å². The Kier molecular flexibility index (Phi) is 6.14. The van der Waals surface area contributed by atoms with Gasteiger partial charge in [0, 0.05) is 28.7 Å². The minimum atomic E-state index is -1.39. The molecule has 7 heteroatoms. The van der Waals surface area contributed by atoms with Crippen molar-refractivity contribution in [1.82, 2.24) is 0 Å². The Morgan fingerprint density at radius 3 is 2.47 bits per heavy atom. The van der Waals surface area contributed by atoms with Crippen LogP contribution in [0.1, 0.15) is 12.8 Å². The molecule has 5 nitrogen and oxygen atoms in total. The monoisotopic (exact) mass is 287 g/mol. The number of hydrogen-bond donors (Lipinski definition) is 2. The number of aliphatic carboxylic acids is 1. The number of carbonyl (C=O) groups is 2. The Labute approximate surface area is 112 Å². The van der Waals surface area contributed by atoms with Crippen LogP contribution in [0.2, 0.25) is 0 Å². The Bertz CT molecular complexity index is 475. The zero-order valence-corrected chi connectivity index (χ0v) is 10.9. The van der Waals surface area contributed by atoms with E-state index in [1.54, 1.807) is 0 Å². The molecular weight excluding hydrogens is 273 g/mol. The van der Waals surface area contributed by atoms with E-state index in [1.165, 1.54) is 24.3 Å². The third-order valence-corrected chi connectivity index (χ3v) is 3.51. The summed E-state index contributed by atoms with van der Waals surface area (Å²) in [5, 5.41) is 10.9. The van der Waals surface area contributed by atoms with Gasteiger partial charge in [0.2, 0.25) is 5.91 Å². The summed E-state index contributed by atoms with van der Waals surface area (Å²) in [6, 6.07) is 5.22. The molecule has 0 fully saturated rings. The number of amides is 1. The third-order valence-electron chi connectivity index (χ3n) is 2.18. The average molecular weight is 287 g/mol. The quantitative estimate of drug-likeness (QED) is 0.793. The average Bonchev–Trinajstić information content (AvgIpc) is 2.31. The first-order chi connectivity index (χ1) is 8.97. The van der Waals surface area contributed by atoms with Crippen LogP contribution in [0.3, 0.4) is 0 Å². The molecule has 0 radical (unpaired) electrons. The molecule has 0 aromatic heterocycles. The molecule has 1 aromatic rings. The van der Waals surface area contributed by atoms with Crippen molar-refractivity contribution in [2.24, 2.45) is 0 Å². The van der Waals surface area contributed by atoms with E-state index in [0.29, 0.717) is 5.69 Å². The van der Waals surface area contributed by atoms with Crippen molar-refractivity contribution in [2.75, 3.05) is 16.8 Å². The predicted octanol–water partition coefficient (Wildman–Crippen LogP) is 1.38. The van der Waals surface area contributed by atoms with Gasteiger partial charge in [-0.2, -0.15) is 0 Å². The second-order valence-corrected chi connectivity index (χ2v) is 5.42. The molecule has 0 aliphatic heterocycles. The van der Waals surface area contributed by atoms with E-state index in [0.717, 1.165) is 0 Å². The van der Waals surface area contributed by atoms with Crippen molar-refractivity contribution in [3.05, 3.63) is 30.1 Å². The van der Waals surface area contributed by atoms with Crippen LogP contribution in [0.15, 0.2) is 24.3 Å². The van der Waals surface area contributed by atoms with Gasteiger partial charge in [-0.05, 0) is 30.7 Å². The number of benzene rings is 1. The van der Waals surface area contributed by atoms with E-state index in [1.807, 2.05) is 0 Å². The number of carboxylic acid groups (broad SMARTS) is 1. The third kappa shape index (κ3) is 6.66. The number of halogens is 1. The lowest BCUT2D eigenvalue weighted by Crippen LogP contribution is -2.21. The van der Waals surface area contributed by atoms with Gasteiger partial charge in [0.1, 0.15) is 11.6 Å². The van der Waals surface area contributed by atoms with Crippen molar-refractivity contribution in [3.63, 3.8) is 0 Å². The second kappa shape index (κ2) is 7.63. The van der Waals surface area contributed by atoms with Gasteiger partial charge in [-0.3, -0.25) is 13.8 Å². The van der Waals surface area contributed by atoms with Gasteiger partial charge < -0.3 is 10.4 Å². The fourth-order valence-electron chi connectivity index (χ4n) is 1.33. The number of rotatable bonds is 7. The highest BCUT2D eigenvalue weighted by molar-refractivity contribution is 7.85. The minimum absolute atomic E-state index is 0.0642.